The molecule has 0 radical (unpaired) electrons. The molecule has 3 N–H and O–H groups in total. The molecule has 0 bridgehead atoms. The van der Waals surface area contributed by atoms with Crippen LogP contribution < -0.4 is 11.1 Å². The van der Waals surface area contributed by atoms with E-state index in [1.54, 1.807) is 6.07 Å². The number of carbonyl (C=O) groups is 1. The van der Waals surface area contributed by atoms with Crippen molar-refractivity contribution in [2.24, 2.45) is 11.7 Å². The third-order valence-corrected chi connectivity index (χ3v) is 3.73. The molecule has 1 heterocycles. The van der Waals surface area contributed by atoms with E-state index in [1.807, 2.05) is 39.8 Å². The zero-order valence-electron chi connectivity index (χ0n) is 13.0. The zero-order valence-corrected chi connectivity index (χ0v) is 13.0. The van der Waals surface area contributed by atoms with Crippen molar-refractivity contribution in [3.63, 3.8) is 0 Å². The Hall–Kier alpha value is -1.88. The lowest BCUT2D eigenvalue weighted by atomic mass is 9.99. The Morgan fingerprint density at radius 1 is 1.38 bits per heavy atom. The third-order valence-electron chi connectivity index (χ3n) is 3.73. The first-order valence-electron chi connectivity index (χ1n) is 7.39. The Labute approximate surface area is 124 Å². The fourth-order valence-electron chi connectivity index (χ4n) is 2.01. The molecule has 2 aromatic rings. The lowest BCUT2D eigenvalue weighted by molar-refractivity contribution is -0.118. The number of fused-ring (bicyclic) bond motifs is 1. The minimum atomic E-state index is -0.505. The van der Waals surface area contributed by atoms with Crippen LogP contribution in [0.1, 0.15) is 45.9 Å². The van der Waals surface area contributed by atoms with Gasteiger partial charge in [0.15, 0.2) is 11.5 Å². The summed E-state index contributed by atoms with van der Waals surface area (Å²) in [6, 6.07) is 4.93. The highest BCUT2D eigenvalue weighted by atomic mass is 16.3. The average molecular weight is 289 g/mol. The van der Waals surface area contributed by atoms with Gasteiger partial charge in [0.05, 0.1) is 6.04 Å². The molecule has 21 heavy (non-hydrogen) atoms. The fraction of sp³-hybridized carbons (Fsp3) is 0.500. The summed E-state index contributed by atoms with van der Waals surface area (Å²) in [6.45, 7) is 8.05. The minimum Gasteiger partial charge on any atom is -0.440 e. The van der Waals surface area contributed by atoms with Crippen molar-refractivity contribution in [2.45, 2.75) is 46.1 Å². The van der Waals surface area contributed by atoms with E-state index in [2.05, 4.69) is 10.3 Å². The monoisotopic (exact) mass is 289 g/mol. The lowest BCUT2D eigenvalue weighted by Crippen LogP contribution is -2.40. The molecule has 0 aliphatic rings. The number of amides is 1. The number of hydrogen-bond donors (Lipinski definition) is 2. The molecule has 1 aromatic carbocycles. The van der Waals surface area contributed by atoms with Gasteiger partial charge in [0.1, 0.15) is 5.52 Å². The number of nitrogens with zero attached hydrogens (tertiary/aromatic N) is 1. The smallest absolute Gasteiger partial charge is 0.241 e. The SMILES string of the molecule is CCC(C)[C@H](N)C(=O)Nc1ccc2oc(C(C)C)nc2c1. The highest BCUT2D eigenvalue weighted by Crippen LogP contribution is 2.24. The van der Waals surface area contributed by atoms with Crippen molar-refractivity contribution in [2.75, 3.05) is 5.32 Å². The lowest BCUT2D eigenvalue weighted by Gasteiger charge is -2.17. The summed E-state index contributed by atoms with van der Waals surface area (Å²) in [5.41, 5.74) is 8.09. The molecule has 1 amide bonds. The van der Waals surface area contributed by atoms with Gasteiger partial charge in [-0.15, -0.1) is 0 Å². The molecule has 5 heteroatoms. The molecule has 0 saturated carbocycles. The maximum absolute atomic E-state index is 12.1. The van der Waals surface area contributed by atoms with Crippen LogP contribution >= 0.6 is 0 Å². The van der Waals surface area contributed by atoms with E-state index in [0.29, 0.717) is 11.6 Å². The van der Waals surface area contributed by atoms with E-state index >= 15 is 0 Å². The van der Waals surface area contributed by atoms with Gasteiger partial charge in [-0.05, 0) is 24.1 Å². The Morgan fingerprint density at radius 3 is 2.71 bits per heavy atom. The standard InChI is InChI=1S/C16H23N3O2/c1-5-10(4)14(17)15(20)18-11-6-7-13-12(8-11)19-16(21-13)9(2)3/h6-10,14H,5,17H2,1-4H3,(H,18,20)/t10?,14-/m0/s1. The van der Waals surface area contributed by atoms with Gasteiger partial charge in [-0.3, -0.25) is 4.79 Å². The molecular weight excluding hydrogens is 266 g/mol. The quantitative estimate of drug-likeness (QED) is 0.885. The molecule has 0 aliphatic heterocycles. The maximum Gasteiger partial charge on any atom is 0.241 e. The summed E-state index contributed by atoms with van der Waals surface area (Å²) in [5.74, 6) is 0.906. The number of benzene rings is 1. The summed E-state index contributed by atoms with van der Waals surface area (Å²) >= 11 is 0. The van der Waals surface area contributed by atoms with E-state index in [9.17, 15) is 4.79 Å². The minimum absolute atomic E-state index is 0.147. The molecule has 114 valence electrons. The van der Waals surface area contributed by atoms with Crippen LogP contribution in [0.3, 0.4) is 0 Å². The van der Waals surface area contributed by atoms with E-state index in [4.69, 9.17) is 10.2 Å². The van der Waals surface area contributed by atoms with Crippen LogP contribution in [-0.2, 0) is 4.79 Å². The van der Waals surface area contributed by atoms with Crippen LogP contribution in [0.25, 0.3) is 11.1 Å². The van der Waals surface area contributed by atoms with Crippen molar-refractivity contribution in [3.05, 3.63) is 24.1 Å². The Bertz CT molecular complexity index is 633. The fourth-order valence-corrected chi connectivity index (χ4v) is 2.01. The van der Waals surface area contributed by atoms with Crippen LogP contribution in [0.15, 0.2) is 22.6 Å². The second kappa shape index (κ2) is 6.26. The number of nitrogens with one attached hydrogen (secondary N) is 1. The molecule has 5 nitrogen and oxygen atoms in total. The molecule has 2 atom stereocenters. The molecule has 0 aliphatic carbocycles. The largest absolute Gasteiger partial charge is 0.440 e. The van der Waals surface area contributed by atoms with Gasteiger partial charge < -0.3 is 15.5 Å². The first-order chi connectivity index (χ1) is 9.92. The zero-order chi connectivity index (χ0) is 15.6. The van der Waals surface area contributed by atoms with Crippen LogP contribution in [0.2, 0.25) is 0 Å². The van der Waals surface area contributed by atoms with Crippen molar-refractivity contribution in [1.29, 1.82) is 0 Å². The highest BCUT2D eigenvalue weighted by Gasteiger charge is 2.19. The van der Waals surface area contributed by atoms with Crippen LogP contribution in [0.5, 0.6) is 0 Å². The molecular formula is C16H23N3O2. The van der Waals surface area contributed by atoms with E-state index < -0.39 is 6.04 Å². The van der Waals surface area contributed by atoms with Gasteiger partial charge in [0, 0.05) is 11.6 Å². The summed E-state index contributed by atoms with van der Waals surface area (Å²) in [5, 5.41) is 2.84. The predicted molar refractivity (Wildman–Crippen MR) is 84.2 cm³/mol. The second-order valence-electron chi connectivity index (χ2n) is 5.79. The number of aromatic nitrogens is 1. The van der Waals surface area contributed by atoms with Crippen molar-refractivity contribution in [3.8, 4) is 0 Å². The molecule has 2 rings (SSSR count). The summed E-state index contributed by atoms with van der Waals surface area (Å²) < 4.78 is 5.64. The first kappa shape index (κ1) is 15.5. The van der Waals surface area contributed by atoms with E-state index in [0.717, 1.165) is 17.5 Å². The summed E-state index contributed by atoms with van der Waals surface area (Å²) in [7, 11) is 0. The van der Waals surface area contributed by atoms with Crippen LogP contribution in [0, 0.1) is 5.92 Å². The normalized spacial score (nSPS) is 14.4. The van der Waals surface area contributed by atoms with Crippen LogP contribution in [0.4, 0.5) is 5.69 Å². The Kier molecular flexibility index (Phi) is 4.63. The highest BCUT2D eigenvalue weighted by molar-refractivity contribution is 5.96. The Balaban J connectivity index is 2.17. The van der Waals surface area contributed by atoms with Gasteiger partial charge in [-0.1, -0.05) is 34.1 Å². The van der Waals surface area contributed by atoms with E-state index in [-0.39, 0.29) is 17.7 Å². The summed E-state index contributed by atoms with van der Waals surface area (Å²) in [6.07, 6.45) is 0.870. The molecule has 0 spiro atoms. The number of rotatable bonds is 5. The number of hydrogen-bond acceptors (Lipinski definition) is 4. The van der Waals surface area contributed by atoms with E-state index in [1.165, 1.54) is 0 Å². The number of anilines is 1. The van der Waals surface area contributed by atoms with Crippen molar-refractivity contribution in [1.82, 2.24) is 4.98 Å². The van der Waals surface area contributed by atoms with Crippen molar-refractivity contribution >= 4 is 22.7 Å². The maximum atomic E-state index is 12.1. The molecule has 0 fully saturated rings. The molecule has 1 unspecified atom stereocenters. The topological polar surface area (TPSA) is 81.2 Å². The molecule has 0 saturated heterocycles. The number of oxazole rings is 1. The number of nitrogens with two attached hydrogens (primary N) is 1. The average Bonchev–Trinajstić information content (AvgIpc) is 2.89. The van der Waals surface area contributed by atoms with Gasteiger partial charge in [-0.25, -0.2) is 4.98 Å². The summed E-state index contributed by atoms with van der Waals surface area (Å²) in [4.78, 5) is 16.5. The Morgan fingerprint density at radius 2 is 2.10 bits per heavy atom. The van der Waals surface area contributed by atoms with Crippen molar-refractivity contribution < 1.29 is 9.21 Å². The number of carbonyl (C=O) groups excluding carboxylic acids is 1. The second-order valence-corrected chi connectivity index (χ2v) is 5.79. The van der Waals surface area contributed by atoms with Gasteiger partial charge in [0.2, 0.25) is 5.91 Å². The van der Waals surface area contributed by atoms with Gasteiger partial charge >= 0.3 is 0 Å². The first-order valence-corrected chi connectivity index (χ1v) is 7.39. The van der Waals surface area contributed by atoms with Crippen LogP contribution in [-0.4, -0.2) is 16.9 Å². The van der Waals surface area contributed by atoms with Gasteiger partial charge in [0.25, 0.3) is 0 Å². The third kappa shape index (κ3) is 3.42. The molecule has 1 aromatic heterocycles. The van der Waals surface area contributed by atoms with Gasteiger partial charge in [-0.2, -0.15) is 0 Å². The predicted octanol–water partition coefficient (Wildman–Crippen LogP) is 3.26.